The zero-order chi connectivity index (χ0) is 20.1. The highest BCUT2D eigenvalue weighted by molar-refractivity contribution is 7.99. The first kappa shape index (κ1) is 18.8. The summed E-state index contributed by atoms with van der Waals surface area (Å²) >= 11 is 1.78. The van der Waals surface area contributed by atoms with Crippen LogP contribution < -0.4 is 5.32 Å². The first-order valence-electron chi connectivity index (χ1n) is 10.1. The lowest BCUT2D eigenvalue weighted by Crippen LogP contribution is -2.64. The van der Waals surface area contributed by atoms with Gasteiger partial charge in [0.1, 0.15) is 10.8 Å². The third-order valence-electron chi connectivity index (χ3n) is 6.24. The van der Waals surface area contributed by atoms with E-state index in [1.54, 1.807) is 36.4 Å². The largest absolute Gasteiger partial charge is 0.507 e. The van der Waals surface area contributed by atoms with E-state index < -0.39 is 0 Å². The predicted octanol–water partition coefficient (Wildman–Crippen LogP) is 4.34. The number of rotatable bonds is 3. The zero-order valence-electron chi connectivity index (χ0n) is 16.7. The van der Waals surface area contributed by atoms with Crippen molar-refractivity contribution in [3.8, 4) is 17.1 Å². The van der Waals surface area contributed by atoms with E-state index in [0.717, 1.165) is 28.6 Å². The number of hydrogen-bond acceptors (Lipinski definition) is 7. The minimum atomic E-state index is 0.139. The summed E-state index contributed by atoms with van der Waals surface area (Å²) in [5.41, 5.74) is 1.02. The van der Waals surface area contributed by atoms with Crippen molar-refractivity contribution in [3.05, 3.63) is 36.8 Å². The van der Waals surface area contributed by atoms with Crippen LogP contribution in [-0.4, -0.2) is 41.6 Å². The van der Waals surface area contributed by atoms with Crippen LogP contribution in [0.25, 0.3) is 22.2 Å². The fourth-order valence-electron chi connectivity index (χ4n) is 5.10. The van der Waals surface area contributed by atoms with Gasteiger partial charge in [0.15, 0.2) is 5.82 Å². The molecule has 2 N–H and O–H groups in total. The van der Waals surface area contributed by atoms with Gasteiger partial charge in [-0.15, -0.1) is 10.2 Å². The number of hydrogen-bond donors (Lipinski definition) is 2. The molecule has 7 heteroatoms. The Hall–Kier alpha value is -2.25. The monoisotopic (exact) mass is 407 g/mol. The standard InChI is InChI=1S/C22H25N5OS/c1-21-5-3-6-22(2,27-21)11-16(10-21)29-19-13-24-20(26-25-19)17-8-14-4-7-23-12-15(14)9-18(17)28/h4,7-9,12-13,16,27-28H,3,5-6,10-11H2,1-2H3/t16?,21-,22+. The van der Waals surface area contributed by atoms with Crippen molar-refractivity contribution in [2.24, 2.45) is 0 Å². The van der Waals surface area contributed by atoms with E-state index in [-0.39, 0.29) is 16.8 Å². The molecular formula is C22H25N5OS. The van der Waals surface area contributed by atoms with Gasteiger partial charge in [-0.1, -0.05) is 11.8 Å². The molecule has 3 atom stereocenters. The highest BCUT2D eigenvalue weighted by Gasteiger charge is 2.45. The average Bonchev–Trinajstić information content (AvgIpc) is 2.66. The van der Waals surface area contributed by atoms with Gasteiger partial charge >= 0.3 is 0 Å². The number of fused-ring (bicyclic) bond motifs is 3. The number of aromatic hydroxyl groups is 1. The van der Waals surface area contributed by atoms with Crippen LogP contribution in [0.2, 0.25) is 0 Å². The van der Waals surface area contributed by atoms with Crippen LogP contribution in [0.15, 0.2) is 41.8 Å². The molecule has 0 aliphatic carbocycles. The number of thioether (sulfide) groups is 1. The molecule has 150 valence electrons. The Bertz CT molecular complexity index is 1040. The smallest absolute Gasteiger partial charge is 0.185 e. The van der Waals surface area contributed by atoms with E-state index in [4.69, 9.17) is 0 Å². The molecule has 0 radical (unpaired) electrons. The molecule has 2 aromatic heterocycles. The van der Waals surface area contributed by atoms with Crippen LogP contribution in [0, 0.1) is 0 Å². The summed E-state index contributed by atoms with van der Waals surface area (Å²) in [4.78, 5) is 8.60. The van der Waals surface area contributed by atoms with Gasteiger partial charge in [-0.25, -0.2) is 4.98 Å². The summed E-state index contributed by atoms with van der Waals surface area (Å²) < 4.78 is 0. The van der Waals surface area contributed by atoms with E-state index in [9.17, 15) is 5.11 Å². The Labute approximate surface area is 174 Å². The molecule has 3 aromatic rings. The minimum Gasteiger partial charge on any atom is -0.507 e. The molecule has 2 aliphatic rings. The number of piperidine rings is 2. The fourth-order valence-corrected chi connectivity index (χ4v) is 6.55. The molecule has 0 amide bonds. The summed E-state index contributed by atoms with van der Waals surface area (Å²) in [7, 11) is 0. The Kier molecular flexibility index (Phi) is 4.47. The lowest BCUT2D eigenvalue weighted by Gasteiger charge is -2.53. The van der Waals surface area contributed by atoms with Gasteiger partial charge in [-0.2, -0.15) is 0 Å². The minimum absolute atomic E-state index is 0.139. The average molecular weight is 408 g/mol. The molecule has 2 bridgehead atoms. The van der Waals surface area contributed by atoms with Crippen LogP contribution >= 0.6 is 11.8 Å². The fraction of sp³-hybridized carbons (Fsp3) is 0.455. The van der Waals surface area contributed by atoms with Gasteiger partial charge in [0.25, 0.3) is 0 Å². The summed E-state index contributed by atoms with van der Waals surface area (Å²) in [5.74, 6) is 0.575. The summed E-state index contributed by atoms with van der Waals surface area (Å²) in [5, 5.41) is 26.2. The molecule has 6 nitrogen and oxygen atoms in total. The van der Waals surface area contributed by atoms with Crippen molar-refractivity contribution in [2.75, 3.05) is 0 Å². The van der Waals surface area contributed by atoms with Crippen LogP contribution in [0.4, 0.5) is 0 Å². The molecule has 1 unspecified atom stereocenters. The molecule has 2 saturated heterocycles. The van der Waals surface area contributed by atoms with Crippen LogP contribution in [0.1, 0.15) is 46.0 Å². The number of nitrogens with one attached hydrogen (secondary N) is 1. The first-order chi connectivity index (χ1) is 13.9. The molecule has 0 saturated carbocycles. The zero-order valence-corrected chi connectivity index (χ0v) is 17.5. The van der Waals surface area contributed by atoms with Crippen molar-refractivity contribution < 1.29 is 5.11 Å². The molecule has 2 fully saturated rings. The molecular weight excluding hydrogens is 382 g/mol. The van der Waals surface area contributed by atoms with Crippen molar-refractivity contribution in [1.82, 2.24) is 25.5 Å². The van der Waals surface area contributed by atoms with Crippen LogP contribution in [-0.2, 0) is 0 Å². The Morgan fingerprint density at radius 2 is 1.86 bits per heavy atom. The second-order valence-corrected chi connectivity index (χ2v) is 10.3. The lowest BCUT2D eigenvalue weighted by atomic mass is 9.71. The topological polar surface area (TPSA) is 83.8 Å². The van der Waals surface area contributed by atoms with E-state index in [2.05, 4.69) is 39.3 Å². The Morgan fingerprint density at radius 1 is 1.07 bits per heavy atom. The molecule has 4 heterocycles. The number of nitrogens with zero attached hydrogens (tertiary/aromatic N) is 4. The maximum atomic E-state index is 10.4. The Morgan fingerprint density at radius 3 is 2.59 bits per heavy atom. The van der Waals surface area contributed by atoms with E-state index in [1.165, 1.54) is 19.3 Å². The van der Waals surface area contributed by atoms with Gasteiger partial charge in [-0.3, -0.25) is 4.98 Å². The van der Waals surface area contributed by atoms with Gasteiger partial charge in [0.2, 0.25) is 0 Å². The third kappa shape index (κ3) is 3.69. The molecule has 0 spiro atoms. The first-order valence-corrected chi connectivity index (χ1v) is 11.0. The van der Waals surface area contributed by atoms with E-state index >= 15 is 0 Å². The quantitative estimate of drug-likeness (QED) is 0.668. The van der Waals surface area contributed by atoms with Crippen LogP contribution in [0.3, 0.4) is 0 Å². The third-order valence-corrected chi connectivity index (χ3v) is 7.34. The number of aromatic nitrogens is 4. The SMILES string of the molecule is C[C@]12CCC[C@](C)(CC(Sc3cnc(-c4cc5ccncc5cc4O)nn3)C1)N2. The van der Waals surface area contributed by atoms with Gasteiger partial charge in [0, 0.05) is 34.1 Å². The number of phenolic OH excluding ortho intramolecular Hbond substituents is 1. The van der Waals surface area contributed by atoms with Gasteiger partial charge < -0.3 is 10.4 Å². The summed E-state index contributed by atoms with van der Waals surface area (Å²) in [6.07, 6.45) is 11.3. The summed E-state index contributed by atoms with van der Waals surface area (Å²) in [6.45, 7) is 4.70. The maximum Gasteiger partial charge on any atom is 0.185 e. The van der Waals surface area contributed by atoms with Gasteiger partial charge in [0.05, 0.1) is 11.8 Å². The van der Waals surface area contributed by atoms with Crippen LogP contribution in [0.5, 0.6) is 5.75 Å². The second-order valence-electron chi connectivity index (χ2n) is 8.96. The van der Waals surface area contributed by atoms with Gasteiger partial charge in [-0.05, 0) is 69.5 Å². The maximum absolute atomic E-state index is 10.4. The molecule has 2 aliphatic heterocycles. The number of benzene rings is 1. The molecule has 1 aromatic carbocycles. The molecule has 29 heavy (non-hydrogen) atoms. The number of pyridine rings is 1. The van der Waals surface area contributed by atoms with Crippen molar-refractivity contribution in [3.63, 3.8) is 0 Å². The lowest BCUT2D eigenvalue weighted by molar-refractivity contribution is 0.0973. The highest BCUT2D eigenvalue weighted by atomic mass is 32.2. The predicted molar refractivity (Wildman–Crippen MR) is 115 cm³/mol. The summed E-state index contributed by atoms with van der Waals surface area (Å²) in [6, 6.07) is 5.48. The van der Waals surface area contributed by atoms with Crippen molar-refractivity contribution >= 4 is 22.5 Å². The van der Waals surface area contributed by atoms with Crippen molar-refractivity contribution in [1.29, 1.82) is 0 Å². The molecule has 5 rings (SSSR count). The normalized spacial score (nSPS) is 29.1. The second kappa shape index (κ2) is 6.92. The Balaban J connectivity index is 1.36. The van der Waals surface area contributed by atoms with E-state index in [0.29, 0.717) is 16.6 Å². The van der Waals surface area contributed by atoms with E-state index in [1.807, 2.05) is 12.1 Å². The highest BCUT2D eigenvalue weighted by Crippen LogP contribution is 2.45. The number of phenols is 1. The van der Waals surface area contributed by atoms with Crippen molar-refractivity contribution in [2.45, 2.75) is 67.3 Å².